The van der Waals surface area contributed by atoms with Crippen molar-refractivity contribution >= 4 is 18.7 Å². The van der Waals surface area contributed by atoms with Gasteiger partial charge in [-0.05, 0) is 49.1 Å². The van der Waals surface area contributed by atoms with Gasteiger partial charge < -0.3 is 18.8 Å². The van der Waals surface area contributed by atoms with Crippen LogP contribution in [0.15, 0.2) is 18.3 Å². The molecular formula is C20H29BClNO4. The zero-order valence-electron chi connectivity index (χ0n) is 16.8. The predicted octanol–water partition coefficient (Wildman–Crippen LogP) is 3.79. The Morgan fingerprint density at radius 2 is 2.07 bits per heavy atom. The van der Waals surface area contributed by atoms with Gasteiger partial charge >= 0.3 is 7.12 Å². The molecule has 4 aliphatic rings. The molecule has 1 unspecified atom stereocenters. The van der Waals surface area contributed by atoms with Crippen molar-refractivity contribution in [3.8, 4) is 0 Å². The summed E-state index contributed by atoms with van der Waals surface area (Å²) in [5.74, 6) is 1.28. The molecule has 148 valence electrons. The molecule has 3 saturated carbocycles. The van der Waals surface area contributed by atoms with E-state index in [4.69, 9.17) is 30.4 Å². The molecule has 2 heterocycles. The third kappa shape index (κ3) is 3.23. The van der Waals surface area contributed by atoms with E-state index in [-0.39, 0.29) is 17.0 Å². The Kier molecular flexibility index (Phi) is 5.09. The number of halogens is 1. The molecule has 1 aromatic rings. The second-order valence-corrected chi connectivity index (χ2v) is 9.58. The van der Waals surface area contributed by atoms with E-state index < -0.39 is 13.4 Å². The Morgan fingerprint density at radius 1 is 1.33 bits per heavy atom. The van der Waals surface area contributed by atoms with E-state index in [1.54, 1.807) is 20.4 Å². The van der Waals surface area contributed by atoms with E-state index in [0.717, 1.165) is 23.6 Å². The van der Waals surface area contributed by atoms with Crippen LogP contribution in [0, 0.1) is 17.3 Å². The van der Waals surface area contributed by atoms with Gasteiger partial charge in [0.1, 0.15) is 0 Å². The van der Waals surface area contributed by atoms with Crippen LogP contribution >= 0.6 is 11.6 Å². The number of ether oxygens (including phenoxy) is 2. The van der Waals surface area contributed by atoms with Gasteiger partial charge in [-0.25, -0.2) is 0 Å². The summed E-state index contributed by atoms with van der Waals surface area (Å²) in [6, 6.07) is 3.86. The highest BCUT2D eigenvalue weighted by Crippen LogP contribution is 2.64. The van der Waals surface area contributed by atoms with Gasteiger partial charge in [-0.2, -0.15) is 0 Å². The van der Waals surface area contributed by atoms with Gasteiger partial charge in [0.15, 0.2) is 6.29 Å². The Balaban J connectivity index is 1.44. The van der Waals surface area contributed by atoms with Crippen LogP contribution in [0.2, 0.25) is 0 Å². The third-order valence-corrected chi connectivity index (χ3v) is 7.43. The maximum absolute atomic E-state index is 6.73. The van der Waals surface area contributed by atoms with Gasteiger partial charge in [0, 0.05) is 38.1 Å². The molecule has 0 N–H and O–H groups in total. The van der Waals surface area contributed by atoms with Crippen molar-refractivity contribution in [2.24, 2.45) is 17.3 Å². The van der Waals surface area contributed by atoms with Crippen molar-refractivity contribution in [3.63, 3.8) is 0 Å². The molecule has 0 aromatic carbocycles. The van der Waals surface area contributed by atoms with Gasteiger partial charge in [0.25, 0.3) is 0 Å². The topological polar surface area (TPSA) is 49.8 Å². The van der Waals surface area contributed by atoms with Crippen molar-refractivity contribution in [3.05, 3.63) is 29.6 Å². The molecule has 0 spiro atoms. The van der Waals surface area contributed by atoms with E-state index in [0.29, 0.717) is 17.8 Å². The lowest BCUT2D eigenvalue weighted by Crippen LogP contribution is -2.63. The van der Waals surface area contributed by atoms with E-state index >= 15 is 0 Å². The molecule has 1 aromatic heterocycles. The van der Waals surface area contributed by atoms with Gasteiger partial charge in [-0.15, -0.1) is 11.6 Å². The number of aromatic nitrogens is 1. The Hall–Kier alpha value is -0.655. The minimum Gasteiger partial charge on any atom is -0.404 e. The lowest BCUT2D eigenvalue weighted by Gasteiger charge is -2.63. The molecule has 5 rings (SSSR count). The second kappa shape index (κ2) is 6.99. The molecule has 0 radical (unpaired) electrons. The summed E-state index contributed by atoms with van der Waals surface area (Å²) >= 11 is 6.73. The largest absolute Gasteiger partial charge is 0.477 e. The summed E-state index contributed by atoms with van der Waals surface area (Å²) in [7, 11) is 2.84. The predicted molar refractivity (Wildman–Crippen MR) is 104 cm³/mol. The molecule has 1 aliphatic heterocycles. The first kappa shape index (κ1) is 19.7. The summed E-state index contributed by atoms with van der Waals surface area (Å²) in [6.45, 7) is 6.91. The number of methoxy groups -OCH3 is 2. The number of pyridine rings is 1. The quantitative estimate of drug-likeness (QED) is 0.418. The lowest BCUT2D eigenvalue weighted by atomic mass is 9.45. The molecule has 1 saturated heterocycles. The molecule has 2 bridgehead atoms. The van der Waals surface area contributed by atoms with Gasteiger partial charge in [-0.1, -0.05) is 13.8 Å². The van der Waals surface area contributed by atoms with Gasteiger partial charge in [-0.3, -0.25) is 4.98 Å². The molecule has 5 nitrogen and oxygen atoms in total. The van der Waals surface area contributed by atoms with E-state index in [1.165, 1.54) is 6.42 Å². The Bertz CT molecular complexity index is 700. The average molecular weight is 394 g/mol. The first-order valence-electron chi connectivity index (χ1n) is 9.76. The number of rotatable bonds is 6. The van der Waals surface area contributed by atoms with Crippen LogP contribution in [-0.4, -0.2) is 43.3 Å². The smallest absolute Gasteiger partial charge is 0.404 e. The first-order valence-corrected chi connectivity index (χ1v) is 10.2. The highest BCUT2D eigenvalue weighted by Gasteiger charge is 2.67. The van der Waals surface area contributed by atoms with Crippen molar-refractivity contribution in [2.45, 2.75) is 63.3 Å². The van der Waals surface area contributed by atoms with Crippen molar-refractivity contribution in [2.75, 3.05) is 14.2 Å². The van der Waals surface area contributed by atoms with Crippen LogP contribution in [0.3, 0.4) is 0 Å². The summed E-state index contributed by atoms with van der Waals surface area (Å²) in [5, 5.41) is -0.293. The normalized spacial score (nSPS) is 35.1. The van der Waals surface area contributed by atoms with E-state index in [9.17, 15) is 0 Å². The number of hydrogen-bond acceptors (Lipinski definition) is 5. The van der Waals surface area contributed by atoms with Crippen LogP contribution in [0.4, 0.5) is 0 Å². The number of alkyl halides is 1. The number of nitrogens with zero attached hydrogens (tertiary/aromatic N) is 1. The fraction of sp³-hybridized carbons (Fsp3) is 0.750. The van der Waals surface area contributed by atoms with Gasteiger partial charge in [0.2, 0.25) is 0 Å². The molecule has 27 heavy (non-hydrogen) atoms. The van der Waals surface area contributed by atoms with Crippen LogP contribution < -0.4 is 0 Å². The standard InChI is InChI=1S/C20H29BClNO4/c1-19(2)13-9-15(19)17-20(3,11-13)27-21(26-17)16(22)10-14-8-12(6-7-23-14)18(24-4)25-5/h6-8,13,15-18H,9-11H2,1-5H3/t13-,15+,16+,17?,20+/m1/s1. The van der Waals surface area contributed by atoms with Crippen LogP contribution in [0.25, 0.3) is 0 Å². The lowest BCUT2D eigenvalue weighted by molar-refractivity contribution is -0.185. The van der Waals surface area contributed by atoms with E-state index in [2.05, 4.69) is 25.8 Å². The first-order chi connectivity index (χ1) is 12.8. The minimum absolute atomic E-state index is 0.134. The molecule has 5 atom stereocenters. The highest BCUT2D eigenvalue weighted by atomic mass is 35.5. The van der Waals surface area contributed by atoms with Gasteiger partial charge in [0.05, 0.1) is 17.0 Å². The monoisotopic (exact) mass is 393 g/mol. The van der Waals surface area contributed by atoms with Crippen molar-refractivity contribution in [1.82, 2.24) is 4.98 Å². The zero-order valence-corrected chi connectivity index (χ0v) is 17.5. The van der Waals surface area contributed by atoms with Crippen molar-refractivity contribution in [1.29, 1.82) is 0 Å². The highest BCUT2D eigenvalue weighted by molar-refractivity contribution is 6.59. The maximum Gasteiger partial charge on any atom is 0.477 e. The zero-order chi connectivity index (χ0) is 19.4. The average Bonchev–Trinajstić information content (AvgIpc) is 3.00. The van der Waals surface area contributed by atoms with Crippen LogP contribution in [0.1, 0.15) is 51.2 Å². The number of hydrogen-bond donors (Lipinski definition) is 0. The van der Waals surface area contributed by atoms with E-state index in [1.807, 2.05) is 12.1 Å². The molecular weight excluding hydrogens is 364 g/mol. The Labute approximate surface area is 167 Å². The summed E-state index contributed by atoms with van der Waals surface area (Å²) < 4.78 is 23.4. The van der Waals surface area contributed by atoms with Crippen LogP contribution in [-0.2, 0) is 25.2 Å². The molecule has 0 amide bonds. The third-order valence-electron chi connectivity index (χ3n) is 7.07. The fourth-order valence-electron chi connectivity index (χ4n) is 5.32. The summed E-state index contributed by atoms with van der Waals surface area (Å²) in [6.07, 6.45) is 4.35. The molecule has 4 fully saturated rings. The minimum atomic E-state index is -0.407. The Morgan fingerprint density at radius 3 is 2.74 bits per heavy atom. The second-order valence-electron chi connectivity index (χ2n) is 9.02. The van der Waals surface area contributed by atoms with Crippen molar-refractivity contribution < 1.29 is 18.8 Å². The molecule has 3 aliphatic carbocycles. The maximum atomic E-state index is 6.73. The summed E-state index contributed by atoms with van der Waals surface area (Å²) in [5.41, 5.74) is 1.93. The summed E-state index contributed by atoms with van der Waals surface area (Å²) in [4.78, 5) is 4.45. The molecule has 7 heteroatoms. The van der Waals surface area contributed by atoms with Crippen LogP contribution in [0.5, 0.6) is 0 Å². The fourth-order valence-corrected chi connectivity index (χ4v) is 5.59. The SMILES string of the molecule is COC(OC)c1ccnc(C[C@H](Cl)B2OC3[C@@H]4C[C@H](C[C@]3(C)O2)C4(C)C)c1.